The maximum atomic E-state index is 12.7. The van der Waals surface area contributed by atoms with E-state index in [1.165, 1.54) is 0 Å². The average molecular weight is 263 g/mol. The zero-order valence-electron chi connectivity index (χ0n) is 12.2. The molecule has 1 aliphatic rings. The highest BCUT2D eigenvalue weighted by molar-refractivity contribution is 5.94. The van der Waals surface area contributed by atoms with Gasteiger partial charge in [-0.15, -0.1) is 0 Å². The van der Waals surface area contributed by atoms with Gasteiger partial charge < -0.3 is 15.2 Å². The Balaban J connectivity index is 2.19. The summed E-state index contributed by atoms with van der Waals surface area (Å²) in [6.07, 6.45) is 5.06. The number of nitrogen functional groups attached to an aromatic ring is 1. The molecule has 2 unspecified atom stereocenters. The molecular formula is C15H25N3O. The molecule has 2 heterocycles. The summed E-state index contributed by atoms with van der Waals surface area (Å²) in [5.74, 6) is 0.844. The van der Waals surface area contributed by atoms with Gasteiger partial charge in [-0.1, -0.05) is 13.8 Å². The normalized spacial score (nSPS) is 23.6. The van der Waals surface area contributed by atoms with Crippen LogP contribution in [0.4, 0.5) is 5.69 Å². The molecule has 0 radical (unpaired) electrons. The van der Waals surface area contributed by atoms with Crippen LogP contribution in [0.5, 0.6) is 0 Å². The molecule has 0 aliphatic carbocycles. The number of carbonyl (C=O) groups excluding carboxylic acids is 1. The topological polar surface area (TPSA) is 51.3 Å². The van der Waals surface area contributed by atoms with Crippen LogP contribution in [0.1, 0.15) is 50.5 Å². The third kappa shape index (κ3) is 2.94. The summed E-state index contributed by atoms with van der Waals surface area (Å²) in [6.45, 7) is 8.21. The van der Waals surface area contributed by atoms with Crippen LogP contribution >= 0.6 is 0 Å². The Kier molecular flexibility index (Phi) is 4.17. The standard InChI is InChI=1S/C15H25N3O/c1-4-6-17-10-13(16)9-14(17)15(19)18-7-5-11(2)8-12(18)3/h9-12H,4-8,16H2,1-3H3. The molecule has 1 aromatic heterocycles. The number of hydrogen-bond acceptors (Lipinski definition) is 2. The van der Waals surface area contributed by atoms with Crippen LogP contribution in [0.25, 0.3) is 0 Å². The molecule has 0 bridgehead atoms. The summed E-state index contributed by atoms with van der Waals surface area (Å²) in [5.41, 5.74) is 7.25. The Morgan fingerprint density at radius 3 is 2.84 bits per heavy atom. The van der Waals surface area contributed by atoms with Gasteiger partial charge in [-0.25, -0.2) is 0 Å². The summed E-state index contributed by atoms with van der Waals surface area (Å²) in [4.78, 5) is 14.7. The minimum absolute atomic E-state index is 0.129. The van der Waals surface area contributed by atoms with Crippen LogP contribution in [-0.2, 0) is 6.54 Å². The van der Waals surface area contributed by atoms with E-state index in [-0.39, 0.29) is 5.91 Å². The number of piperidine rings is 1. The summed E-state index contributed by atoms with van der Waals surface area (Å²) in [6, 6.07) is 2.13. The van der Waals surface area contributed by atoms with E-state index in [1.807, 2.05) is 21.7 Å². The highest BCUT2D eigenvalue weighted by Gasteiger charge is 2.28. The number of aromatic nitrogens is 1. The van der Waals surface area contributed by atoms with E-state index in [4.69, 9.17) is 5.73 Å². The molecule has 0 saturated carbocycles. The van der Waals surface area contributed by atoms with Crippen molar-refractivity contribution < 1.29 is 4.79 Å². The molecule has 0 aromatic carbocycles. The van der Waals surface area contributed by atoms with Gasteiger partial charge in [-0.3, -0.25) is 4.79 Å². The molecule has 1 aromatic rings. The predicted molar refractivity (Wildman–Crippen MR) is 78.0 cm³/mol. The number of likely N-dealkylation sites (tertiary alicyclic amines) is 1. The average Bonchev–Trinajstić information content (AvgIpc) is 2.70. The van der Waals surface area contributed by atoms with Crippen molar-refractivity contribution in [3.05, 3.63) is 18.0 Å². The van der Waals surface area contributed by atoms with Crippen molar-refractivity contribution in [3.63, 3.8) is 0 Å². The first-order valence-corrected chi connectivity index (χ1v) is 7.29. The molecule has 0 spiro atoms. The van der Waals surface area contributed by atoms with E-state index in [1.54, 1.807) is 0 Å². The van der Waals surface area contributed by atoms with Crippen LogP contribution in [0.3, 0.4) is 0 Å². The summed E-state index contributed by atoms with van der Waals surface area (Å²) < 4.78 is 1.99. The summed E-state index contributed by atoms with van der Waals surface area (Å²) >= 11 is 0. The largest absolute Gasteiger partial charge is 0.397 e. The van der Waals surface area contributed by atoms with Crippen molar-refractivity contribution in [2.75, 3.05) is 12.3 Å². The molecule has 1 aliphatic heterocycles. The van der Waals surface area contributed by atoms with E-state index in [2.05, 4.69) is 20.8 Å². The van der Waals surface area contributed by atoms with E-state index in [0.29, 0.717) is 17.6 Å². The Hall–Kier alpha value is -1.45. The van der Waals surface area contributed by atoms with E-state index < -0.39 is 0 Å². The second kappa shape index (κ2) is 5.68. The highest BCUT2D eigenvalue weighted by Crippen LogP contribution is 2.24. The Morgan fingerprint density at radius 1 is 1.47 bits per heavy atom. The lowest BCUT2D eigenvalue weighted by molar-refractivity contribution is 0.0577. The van der Waals surface area contributed by atoms with Crippen molar-refractivity contribution in [2.24, 2.45) is 5.92 Å². The van der Waals surface area contributed by atoms with Gasteiger partial charge in [0, 0.05) is 25.3 Å². The highest BCUT2D eigenvalue weighted by atomic mass is 16.2. The Labute approximate surface area is 115 Å². The predicted octanol–water partition coefficient (Wildman–Crippen LogP) is 2.74. The molecule has 2 atom stereocenters. The molecule has 1 saturated heterocycles. The zero-order valence-corrected chi connectivity index (χ0v) is 12.2. The molecule has 1 fully saturated rings. The summed E-state index contributed by atoms with van der Waals surface area (Å²) in [5, 5.41) is 0. The van der Waals surface area contributed by atoms with Gasteiger partial charge in [0.05, 0.1) is 5.69 Å². The fraction of sp³-hybridized carbons (Fsp3) is 0.667. The number of nitrogens with zero attached hydrogens (tertiary/aromatic N) is 2. The second-order valence-corrected chi connectivity index (χ2v) is 5.83. The molecular weight excluding hydrogens is 238 g/mol. The van der Waals surface area contributed by atoms with Gasteiger partial charge in [0.25, 0.3) is 5.91 Å². The van der Waals surface area contributed by atoms with Crippen LogP contribution in [0.15, 0.2) is 12.3 Å². The molecule has 4 heteroatoms. The molecule has 19 heavy (non-hydrogen) atoms. The maximum Gasteiger partial charge on any atom is 0.270 e. The van der Waals surface area contributed by atoms with Gasteiger partial charge >= 0.3 is 0 Å². The monoisotopic (exact) mass is 263 g/mol. The van der Waals surface area contributed by atoms with Gasteiger partial charge in [-0.05, 0) is 38.2 Å². The van der Waals surface area contributed by atoms with Crippen molar-refractivity contribution in [1.82, 2.24) is 9.47 Å². The lowest BCUT2D eigenvalue weighted by atomic mass is 9.93. The second-order valence-electron chi connectivity index (χ2n) is 5.83. The van der Waals surface area contributed by atoms with Crippen molar-refractivity contribution >= 4 is 11.6 Å². The third-order valence-corrected chi connectivity index (χ3v) is 4.00. The van der Waals surface area contributed by atoms with E-state index in [9.17, 15) is 4.79 Å². The number of nitrogens with two attached hydrogens (primary N) is 1. The fourth-order valence-electron chi connectivity index (χ4n) is 2.99. The van der Waals surface area contributed by atoms with Crippen molar-refractivity contribution in [1.29, 1.82) is 0 Å². The molecule has 2 N–H and O–H groups in total. The summed E-state index contributed by atoms with van der Waals surface area (Å²) in [7, 11) is 0. The van der Waals surface area contributed by atoms with E-state index in [0.717, 1.165) is 38.0 Å². The van der Waals surface area contributed by atoms with Crippen LogP contribution in [0.2, 0.25) is 0 Å². The van der Waals surface area contributed by atoms with Gasteiger partial charge in [-0.2, -0.15) is 0 Å². The number of hydrogen-bond donors (Lipinski definition) is 1. The SMILES string of the molecule is CCCn1cc(N)cc1C(=O)N1CCC(C)CC1C. The quantitative estimate of drug-likeness (QED) is 0.911. The van der Waals surface area contributed by atoms with Crippen molar-refractivity contribution in [3.8, 4) is 0 Å². The van der Waals surface area contributed by atoms with Crippen LogP contribution in [-0.4, -0.2) is 28.0 Å². The minimum Gasteiger partial charge on any atom is -0.397 e. The van der Waals surface area contributed by atoms with Gasteiger partial charge in [0.2, 0.25) is 0 Å². The zero-order chi connectivity index (χ0) is 14.0. The van der Waals surface area contributed by atoms with Crippen LogP contribution < -0.4 is 5.73 Å². The molecule has 1 amide bonds. The van der Waals surface area contributed by atoms with Crippen molar-refractivity contribution in [2.45, 2.75) is 52.6 Å². The first-order chi connectivity index (χ1) is 9.02. The number of anilines is 1. The third-order valence-electron chi connectivity index (χ3n) is 4.00. The maximum absolute atomic E-state index is 12.7. The Morgan fingerprint density at radius 2 is 2.21 bits per heavy atom. The first-order valence-electron chi connectivity index (χ1n) is 7.29. The lowest BCUT2D eigenvalue weighted by Gasteiger charge is -2.36. The number of carbonyl (C=O) groups is 1. The van der Waals surface area contributed by atoms with Gasteiger partial charge in [0.1, 0.15) is 5.69 Å². The molecule has 106 valence electrons. The minimum atomic E-state index is 0.129. The Bertz CT molecular complexity index is 452. The van der Waals surface area contributed by atoms with E-state index >= 15 is 0 Å². The number of rotatable bonds is 3. The fourth-order valence-corrected chi connectivity index (χ4v) is 2.99. The lowest BCUT2D eigenvalue weighted by Crippen LogP contribution is -2.44. The number of aryl methyl sites for hydroxylation is 1. The number of amides is 1. The molecule has 4 nitrogen and oxygen atoms in total. The first kappa shape index (κ1) is 14.0. The van der Waals surface area contributed by atoms with Crippen LogP contribution in [0, 0.1) is 5.92 Å². The molecule has 2 rings (SSSR count). The smallest absolute Gasteiger partial charge is 0.270 e. The van der Waals surface area contributed by atoms with Gasteiger partial charge in [0.15, 0.2) is 0 Å².